The zero-order valence-electron chi connectivity index (χ0n) is 13.7. The SMILES string of the molecule is Oc1[nH]c2ccc(Br)cc2c1N=Nc1ncnc2sc3c(c12)CCCC3. The van der Waals surface area contributed by atoms with Crippen molar-refractivity contribution in [2.75, 3.05) is 0 Å². The predicted octanol–water partition coefficient (Wildman–Crippen LogP) is 5.93. The fourth-order valence-corrected chi connectivity index (χ4v) is 5.07. The standard InChI is InChI=1S/C18H14BrN5OS/c19-9-5-6-12-11(7-9)15(17(25)22-12)23-24-16-14-10-3-1-2-4-13(10)26-18(14)21-8-20-16/h5-8,22,25H,1-4H2. The maximum atomic E-state index is 10.2. The number of thiophene rings is 1. The van der Waals surface area contributed by atoms with Crippen molar-refractivity contribution < 1.29 is 5.11 Å². The topological polar surface area (TPSA) is 86.5 Å². The Hall–Kier alpha value is -2.32. The first-order chi connectivity index (χ1) is 12.7. The van der Waals surface area contributed by atoms with Crippen LogP contribution in [0.15, 0.2) is 39.2 Å². The van der Waals surface area contributed by atoms with E-state index in [2.05, 4.69) is 41.1 Å². The Morgan fingerprint density at radius 2 is 2.04 bits per heavy atom. The van der Waals surface area contributed by atoms with E-state index in [0.29, 0.717) is 11.5 Å². The van der Waals surface area contributed by atoms with Gasteiger partial charge in [0.1, 0.15) is 11.2 Å². The van der Waals surface area contributed by atoms with Gasteiger partial charge in [-0.25, -0.2) is 9.97 Å². The van der Waals surface area contributed by atoms with E-state index < -0.39 is 0 Å². The number of aryl methyl sites for hydroxylation is 2. The van der Waals surface area contributed by atoms with Crippen molar-refractivity contribution in [3.63, 3.8) is 0 Å². The van der Waals surface area contributed by atoms with Crippen molar-refractivity contribution in [1.82, 2.24) is 15.0 Å². The summed E-state index contributed by atoms with van der Waals surface area (Å²) >= 11 is 5.18. The van der Waals surface area contributed by atoms with Crippen molar-refractivity contribution in [1.29, 1.82) is 0 Å². The van der Waals surface area contributed by atoms with E-state index in [0.717, 1.165) is 38.4 Å². The molecule has 3 heterocycles. The highest BCUT2D eigenvalue weighted by Crippen LogP contribution is 2.41. The Kier molecular flexibility index (Phi) is 3.75. The number of azo groups is 1. The maximum Gasteiger partial charge on any atom is 0.218 e. The van der Waals surface area contributed by atoms with Crippen LogP contribution in [0.5, 0.6) is 5.88 Å². The molecule has 1 aliphatic carbocycles. The molecule has 26 heavy (non-hydrogen) atoms. The van der Waals surface area contributed by atoms with Crippen LogP contribution < -0.4 is 0 Å². The van der Waals surface area contributed by atoms with Crippen LogP contribution in [0.3, 0.4) is 0 Å². The third kappa shape index (κ3) is 2.52. The molecule has 5 rings (SSSR count). The third-order valence-corrected chi connectivity index (χ3v) is 6.38. The molecule has 0 radical (unpaired) electrons. The normalized spacial score (nSPS) is 14.5. The average Bonchev–Trinajstić information content (AvgIpc) is 3.17. The number of aromatic amines is 1. The summed E-state index contributed by atoms with van der Waals surface area (Å²) in [6.07, 6.45) is 6.08. The number of halogens is 1. The minimum atomic E-state index is -0.000465. The van der Waals surface area contributed by atoms with Crippen LogP contribution in [0.1, 0.15) is 23.3 Å². The van der Waals surface area contributed by atoms with Gasteiger partial charge in [-0.05, 0) is 49.4 Å². The van der Waals surface area contributed by atoms with Gasteiger partial charge in [-0.3, -0.25) is 0 Å². The molecule has 0 spiro atoms. The number of benzene rings is 1. The van der Waals surface area contributed by atoms with Gasteiger partial charge < -0.3 is 10.1 Å². The van der Waals surface area contributed by atoms with E-state index >= 15 is 0 Å². The Labute approximate surface area is 161 Å². The fraction of sp³-hybridized carbons (Fsp3) is 0.222. The Morgan fingerprint density at radius 3 is 2.96 bits per heavy atom. The molecule has 3 aromatic heterocycles. The lowest BCUT2D eigenvalue weighted by Gasteiger charge is -2.10. The van der Waals surface area contributed by atoms with Crippen LogP contribution in [-0.2, 0) is 12.8 Å². The molecule has 0 fully saturated rings. The Morgan fingerprint density at radius 1 is 1.15 bits per heavy atom. The molecule has 0 atom stereocenters. The number of hydrogen-bond acceptors (Lipinski definition) is 6. The number of H-pyrrole nitrogens is 1. The highest BCUT2D eigenvalue weighted by Gasteiger charge is 2.20. The fourth-order valence-electron chi connectivity index (χ4n) is 3.48. The average molecular weight is 428 g/mol. The van der Waals surface area contributed by atoms with Crippen molar-refractivity contribution >= 4 is 59.9 Å². The molecule has 8 heteroatoms. The van der Waals surface area contributed by atoms with E-state index in [4.69, 9.17) is 0 Å². The Bertz CT molecular complexity index is 1180. The molecule has 0 amide bonds. The van der Waals surface area contributed by atoms with Gasteiger partial charge in [0.2, 0.25) is 5.88 Å². The van der Waals surface area contributed by atoms with E-state index in [1.54, 1.807) is 11.3 Å². The van der Waals surface area contributed by atoms with Gasteiger partial charge in [0, 0.05) is 14.7 Å². The van der Waals surface area contributed by atoms with Crippen LogP contribution in [0.2, 0.25) is 0 Å². The second kappa shape index (κ2) is 6.14. The number of aromatic hydroxyl groups is 1. The molecule has 0 saturated carbocycles. The van der Waals surface area contributed by atoms with Crippen molar-refractivity contribution in [2.45, 2.75) is 25.7 Å². The zero-order chi connectivity index (χ0) is 17.7. The molecule has 1 aliphatic rings. The summed E-state index contributed by atoms with van der Waals surface area (Å²) in [4.78, 5) is 14.0. The molecule has 2 N–H and O–H groups in total. The molecule has 0 aliphatic heterocycles. The Balaban J connectivity index is 1.65. The van der Waals surface area contributed by atoms with Crippen molar-refractivity contribution in [2.24, 2.45) is 10.2 Å². The first-order valence-electron chi connectivity index (χ1n) is 8.38. The molecular weight excluding hydrogens is 414 g/mol. The zero-order valence-corrected chi connectivity index (χ0v) is 16.1. The van der Waals surface area contributed by atoms with Gasteiger partial charge in [-0.15, -0.1) is 21.6 Å². The molecule has 0 bridgehead atoms. The van der Waals surface area contributed by atoms with E-state index in [1.807, 2.05) is 18.2 Å². The van der Waals surface area contributed by atoms with E-state index in [9.17, 15) is 5.11 Å². The quantitative estimate of drug-likeness (QED) is 0.388. The number of rotatable bonds is 2. The largest absolute Gasteiger partial charge is 0.493 e. The number of aromatic nitrogens is 3. The van der Waals surface area contributed by atoms with Gasteiger partial charge in [-0.2, -0.15) is 0 Å². The molecule has 4 aromatic rings. The van der Waals surface area contributed by atoms with Crippen molar-refractivity contribution in [3.8, 4) is 5.88 Å². The minimum absolute atomic E-state index is 0.000465. The summed E-state index contributed by atoms with van der Waals surface area (Å²) in [6, 6.07) is 5.70. The second-order valence-corrected chi connectivity index (χ2v) is 8.30. The third-order valence-electron chi connectivity index (χ3n) is 4.69. The summed E-state index contributed by atoms with van der Waals surface area (Å²) in [5.41, 5.74) is 2.54. The predicted molar refractivity (Wildman–Crippen MR) is 106 cm³/mol. The number of hydrogen-bond donors (Lipinski definition) is 2. The van der Waals surface area contributed by atoms with Gasteiger partial charge in [0.25, 0.3) is 0 Å². The summed E-state index contributed by atoms with van der Waals surface area (Å²) in [7, 11) is 0. The molecule has 6 nitrogen and oxygen atoms in total. The highest BCUT2D eigenvalue weighted by molar-refractivity contribution is 9.10. The molecular formula is C18H14BrN5OS. The lowest BCUT2D eigenvalue weighted by atomic mass is 9.97. The molecule has 130 valence electrons. The van der Waals surface area contributed by atoms with Crippen molar-refractivity contribution in [3.05, 3.63) is 39.4 Å². The van der Waals surface area contributed by atoms with Crippen LogP contribution in [0.4, 0.5) is 11.5 Å². The summed E-state index contributed by atoms with van der Waals surface area (Å²) < 4.78 is 0.914. The lowest BCUT2D eigenvalue weighted by Crippen LogP contribution is -1.98. The first-order valence-corrected chi connectivity index (χ1v) is 9.99. The monoisotopic (exact) mass is 427 g/mol. The van der Waals surface area contributed by atoms with E-state index in [-0.39, 0.29) is 5.88 Å². The van der Waals surface area contributed by atoms with E-state index in [1.165, 1.54) is 29.6 Å². The summed E-state index contributed by atoms with van der Waals surface area (Å²) in [6.45, 7) is 0. The summed E-state index contributed by atoms with van der Waals surface area (Å²) in [5.74, 6) is 0.567. The van der Waals surface area contributed by atoms with Gasteiger partial charge >= 0.3 is 0 Å². The van der Waals surface area contributed by atoms with Gasteiger partial charge in [-0.1, -0.05) is 15.9 Å². The number of nitrogens with one attached hydrogen (secondary N) is 1. The van der Waals surface area contributed by atoms with Crippen LogP contribution in [0.25, 0.3) is 21.1 Å². The summed E-state index contributed by atoms with van der Waals surface area (Å²) in [5, 5.41) is 20.7. The van der Waals surface area contributed by atoms with Crippen LogP contribution in [-0.4, -0.2) is 20.1 Å². The first kappa shape index (κ1) is 15.9. The molecule has 1 aromatic carbocycles. The molecule has 0 unspecified atom stereocenters. The van der Waals surface area contributed by atoms with Gasteiger partial charge in [0.05, 0.1) is 10.9 Å². The number of fused-ring (bicyclic) bond motifs is 4. The highest BCUT2D eigenvalue weighted by atomic mass is 79.9. The smallest absolute Gasteiger partial charge is 0.218 e. The van der Waals surface area contributed by atoms with Gasteiger partial charge in [0.15, 0.2) is 11.5 Å². The molecule has 0 saturated heterocycles. The van der Waals surface area contributed by atoms with Crippen LogP contribution >= 0.6 is 27.3 Å². The maximum absolute atomic E-state index is 10.2. The number of nitrogens with zero attached hydrogens (tertiary/aromatic N) is 4. The minimum Gasteiger partial charge on any atom is -0.493 e. The second-order valence-electron chi connectivity index (χ2n) is 6.30. The lowest BCUT2D eigenvalue weighted by molar-refractivity contribution is 0.459. The van der Waals surface area contributed by atoms with Crippen LogP contribution in [0, 0.1) is 0 Å².